The predicted octanol–water partition coefficient (Wildman–Crippen LogP) is 2.57. The third-order valence-corrected chi connectivity index (χ3v) is 4.74. The zero-order valence-electron chi connectivity index (χ0n) is 10.7. The second-order valence-corrected chi connectivity index (χ2v) is 5.86. The quantitative estimate of drug-likeness (QED) is 0.511. The maximum atomic E-state index is 11.0. The van der Waals surface area contributed by atoms with Crippen LogP contribution in [0.15, 0.2) is 12.1 Å². The number of ether oxygens (including phenoxy) is 2. The molecule has 0 saturated carbocycles. The highest BCUT2D eigenvalue weighted by Gasteiger charge is 2.43. The summed E-state index contributed by atoms with van der Waals surface area (Å²) in [5.41, 5.74) is -0.440. The van der Waals surface area contributed by atoms with Crippen molar-refractivity contribution < 1.29 is 19.5 Å². The van der Waals surface area contributed by atoms with Gasteiger partial charge in [0.1, 0.15) is 11.4 Å². The number of aliphatic hydroxyl groups is 1. The first kappa shape index (κ1) is 14.1. The zero-order valence-corrected chi connectivity index (χ0v) is 12.3. The summed E-state index contributed by atoms with van der Waals surface area (Å²) < 4.78 is 10.8. The number of alkyl halides is 1. The molecule has 0 saturated heterocycles. The lowest BCUT2D eigenvalue weighted by Gasteiger charge is -2.40. The van der Waals surface area contributed by atoms with Crippen molar-refractivity contribution >= 4 is 21.6 Å². The predicted molar refractivity (Wildman–Crippen MR) is 72.0 cm³/mol. The molecule has 0 aliphatic carbocycles. The van der Waals surface area contributed by atoms with E-state index in [1.165, 1.54) is 19.2 Å². The number of nitro benzene ring substituents is 1. The summed E-state index contributed by atoms with van der Waals surface area (Å²) in [5, 5.41) is 21.2. The van der Waals surface area contributed by atoms with Crippen LogP contribution in [0.4, 0.5) is 5.69 Å². The number of methoxy groups -OCH3 is 1. The Labute approximate surface area is 118 Å². The van der Waals surface area contributed by atoms with Gasteiger partial charge in [-0.25, -0.2) is 0 Å². The molecule has 1 heterocycles. The van der Waals surface area contributed by atoms with E-state index in [-0.39, 0.29) is 16.3 Å². The molecule has 104 valence electrons. The van der Waals surface area contributed by atoms with Gasteiger partial charge in [0.2, 0.25) is 5.75 Å². The normalized spacial score (nSPS) is 24.3. The van der Waals surface area contributed by atoms with Crippen LogP contribution >= 0.6 is 15.9 Å². The van der Waals surface area contributed by atoms with E-state index in [1.807, 2.05) is 13.8 Å². The molecule has 0 bridgehead atoms. The average Bonchev–Trinajstić information content (AvgIpc) is 2.34. The van der Waals surface area contributed by atoms with Crippen LogP contribution in [0.25, 0.3) is 0 Å². The van der Waals surface area contributed by atoms with Crippen molar-refractivity contribution in [1.82, 2.24) is 0 Å². The fourth-order valence-corrected chi connectivity index (χ4v) is 2.45. The summed E-state index contributed by atoms with van der Waals surface area (Å²) in [6.45, 7) is 3.65. The number of hydrogen-bond acceptors (Lipinski definition) is 5. The van der Waals surface area contributed by atoms with Gasteiger partial charge < -0.3 is 14.6 Å². The van der Waals surface area contributed by atoms with Crippen molar-refractivity contribution in [2.45, 2.75) is 30.4 Å². The number of halogens is 1. The third-order valence-electron chi connectivity index (χ3n) is 3.14. The van der Waals surface area contributed by atoms with Gasteiger partial charge in [-0.15, -0.1) is 0 Å². The molecule has 7 heteroatoms. The van der Waals surface area contributed by atoms with Gasteiger partial charge in [0.15, 0.2) is 0 Å². The van der Waals surface area contributed by atoms with Crippen LogP contribution in [0, 0.1) is 10.1 Å². The van der Waals surface area contributed by atoms with Gasteiger partial charge in [0.05, 0.1) is 23.0 Å². The van der Waals surface area contributed by atoms with E-state index in [9.17, 15) is 15.2 Å². The second kappa shape index (κ2) is 4.64. The van der Waals surface area contributed by atoms with Crippen molar-refractivity contribution in [1.29, 1.82) is 0 Å². The maximum Gasteiger partial charge on any atom is 0.311 e. The Morgan fingerprint density at radius 1 is 1.53 bits per heavy atom. The zero-order chi connectivity index (χ0) is 14.4. The maximum absolute atomic E-state index is 11.0. The molecule has 0 radical (unpaired) electrons. The van der Waals surface area contributed by atoms with E-state index in [0.717, 1.165) is 0 Å². The Hall–Kier alpha value is -1.34. The molecular formula is C12H14BrNO5. The number of benzene rings is 1. The molecule has 6 nitrogen and oxygen atoms in total. The van der Waals surface area contributed by atoms with E-state index >= 15 is 0 Å². The van der Waals surface area contributed by atoms with Crippen LogP contribution in [0.3, 0.4) is 0 Å². The van der Waals surface area contributed by atoms with Crippen molar-refractivity contribution in [3.63, 3.8) is 0 Å². The fraction of sp³-hybridized carbons (Fsp3) is 0.500. The van der Waals surface area contributed by atoms with Crippen molar-refractivity contribution in [3.8, 4) is 11.5 Å². The van der Waals surface area contributed by atoms with Crippen molar-refractivity contribution in [3.05, 3.63) is 27.8 Å². The molecular weight excluding hydrogens is 318 g/mol. The lowest BCUT2D eigenvalue weighted by molar-refractivity contribution is -0.385. The highest BCUT2D eigenvalue weighted by atomic mass is 79.9. The molecule has 1 aliphatic heterocycles. The Bertz CT molecular complexity index is 531. The molecule has 0 amide bonds. The van der Waals surface area contributed by atoms with Crippen LogP contribution in [0.1, 0.15) is 25.5 Å². The topological polar surface area (TPSA) is 81.8 Å². The Morgan fingerprint density at radius 3 is 2.68 bits per heavy atom. The first-order valence-electron chi connectivity index (χ1n) is 5.65. The average molecular weight is 332 g/mol. The highest BCUT2D eigenvalue weighted by Crippen LogP contribution is 2.47. The lowest BCUT2D eigenvalue weighted by Crippen LogP contribution is -2.45. The summed E-state index contributed by atoms with van der Waals surface area (Å²) >= 11 is 3.37. The molecule has 0 fully saturated rings. The largest absolute Gasteiger partial charge is 0.490 e. The van der Waals surface area contributed by atoms with E-state index in [0.29, 0.717) is 11.3 Å². The van der Waals surface area contributed by atoms with E-state index in [1.54, 1.807) is 0 Å². The molecule has 1 N–H and O–H groups in total. The molecule has 1 aliphatic rings. The van der Waals surface area contributed by atoms with Gasteiger partial charge in [0.25, 0.3) is 0 Å². The number of hydrogen-bond donors (Lipinski definition) is 1. The summed E-state index contributed by atoms with van der Waals surface area (Å²) in [5.74, 6) is 0.510. The van der Waals surface area contributed by atoms with Gasteiger partial charge in [-0.1, -0.05) is 15.9 Å². The smallest absolute Gasteiger partial charge is 0.311 e. The minimum Gasteiger partial charge on any atom is -0.490 e. The molecule has 0 spiro atoms. The van der Waals surface area contributed by atoms with E-state index in [2.05, 4.69) is 15.9 Å². The Balaban J connectivity index is 2.60. The van der Waals surface area contributed by atoms with Gasteiger partial charge in [-0.3, -0.25) is 10.1 Å². The van der Waals surface area contributed by atoms with Crippen LogP contribution in [-0.4, -0.2) is 27.6 Å². The van der Waals surface area contributed by atoms with Crippen LogP contribution in [0.5, 0.6) is 11.5 Å². The standard InChI is InChI=1S/C12H14BrNO5/c1-12(2)11(13)10(15)6-4-7(14(16)17)9(18-3)5-8(6)19-12/h4-5,10-11,15H,1-3H3/t10-,11+/m0/s1. The van der Waals surface area contributed by atoms with Crippen molar-refractivity contribution in [2.24, 2.45) is 0 Å². The Kier molecular flexibility index (Phi) is 3.44. The van der Waals surface area contributed by atoms with Crippen LogP contribution in [-0.2, 0) is 0 Å². The summed E-state index contributed by atoms with van der Waals surface area (Å²) in [6, 6.07) is 2.74. The summed E-state index contributed by atoms with van der Waals surface area (Å²) in [7, 11) is 1.35. The van der Waals surface area contributed by atoms with Gasteiger partial charge >= 0.3 is 5.69 Å². The highest BCUT2D eigenvalue weighted by molar-refractivity contribution is 9.09. The molecule has 0 aromatic heterocycles. The van der Waals surface area contributed by atoms with Gasteiger partial charge in [-0.05, 0) is 13.8 Å². The monoisotopic (exact) mass is 331 g/mol. The van der Waals surface area contributed by atoms with Crippen molar-refractivity contribution in [2.75, 3.05) is 7.11 Å². The fourth-order valence-electron chi connectivity index (χ4n) is 2.07. The first-order chi connectivity index (χ1) is 8.77. The second-order valence-electron chi connectivity index (χ2n) is 4.87. The number of fused-ring (bicyclic) bond motifs is 1. The van der Waals surface area contributed by atoms with E-state index < -0.39 is 16.6 Å². The van der Waals surface area contributed by atoms with Crippen LogP contribution in [0.2, 0.25) is 0 Å². The Morgan fingerprint density at radius 2 is 2.16 bits per heavy atom. The molecule has 19 heavy (non-hydrogen) atoms. The number of aliphatic hydroxyl groups excluding tert-OH is 1. The number of rotatable bonds is 2. The minimum atomic E-state index is -0.886. The SMILES string of the molecule is COc1cc2c(cc1[N+](=O)[O-])[C@H](O)[C@@H](Br)C(C)(C)O2. The molecule has 2 atom stereocenters. The molecule has 1 aromatic rings. The van der Waals surface area contributed by atoms with E-state index in [4.69, 9.17) is 9.47 Å². The first-order valence-corrected chi connectivity index (χ1v) is 6.57. The van der Waals surface area contributed by atoms with Crippen LogP contribution < -0.4 is 9.47 Å². The summed E-state index contributed by atoms with van der Waals surface area (Å²) in [6.07, 6.45) is -0.886. The third kappa shape index (κ3) is 2.28. The summed E-state index contributed by atoms with van der Waals surface area (Å²) in [4.78, 5) is 10.1. The number of nitrogens with zero attached hydrogens (tertiary/aromatic N) is 1. The van der Waals surface area contributed by atoms with Gasteiger partial charge in [0, 0.05) is 17.7 Å². The van der Waals surface area contributed by atoms with Gasteiger partial charge in [-0.2, -0.15) is 0 Å². The minimum absolute atomic E-state index is 0.111. The lowest BCUT2D eigenvalue weighted by atomic mass is 9.91. The molecule has 0 unspecified atom stereocenters. The molecule has 1 aromatic carbocycles. The molecule has 2 rings (SSSR count). The number of nitro groups is 1.